The van der Waals surface area contributed by atoms with E-state index in [1.54, 1.807) is 12.1 Å². The van der Waals surface area contributed by atoms with Crippen molar-refractivity contribution in [1.29, 1.82) is 0 Å². The van der Waals surface area contributed by atoms with Gasteiger partial charge in [-0.2, -0.15) is 8.42 Å². The Bertz CT molecular complexity index is 859. The van der Waals surface area contributed by atoms with E-state index in [2.05, 4.69) is 10.3 Å². The second-order valence-electron chi connectivity index (χ2n) is 4.30. The number of benzene rings is 2. The fourth-order valence-corrected chi connectivity index (χ4v) is 2.89. The van der Waals surface area contributed by atoms with Crippen molar-refractivity contribution in [2.75, 3.05) is 0 Å². The minimum absolute atomic E-state index is 0.0478. The topological polar surface area (TPSA) is 64.8 Å². The molecule has 0 aliphatic carbocycles. The van der Waals surface area contributed by atoms with E-state index < -0.39 is 15.8 Å². The fraction of sp³-hybridized carbons (Fsp3) is 0. The monoisotopic (exact) mass is 303 g/mol. The molecule has 0 radical (unpaired) electrons. The van der Waals surface area contributed by atoms with Crippen LogP contribution in [0.25, 0.3) is 11.3 Å². The molecule has 0 amide bonds. The summed E-state index contributed by atoms with van der Waals surface area (Å²) in [6, 6.07) is 13.7. The summed E-state index contributed by atoms with van der Waals surface area (Å²) in [5, 5.41) is 7.50. The maximum atomic E-state index is 12.9. The predicted octanol–water partition coefficient (Wildman–Crippen LogP) is 2.32. The number of nitrogens with zero attached hydrogens (tertiary/aromatic N) is 3. The molecular formula is C14H10FN3O2S. The fourth-order valence-electron chi connectivity index (χ4n) is 1.82. The van der Waals surface area contributed by atoms with Gasteiger partial charge in [0.15, 0.2) is 0 Å². The van der Waals surface area contributed by atoms with Crippen LogP contribution in [0.15, 0.2) is 65.7 Å². The van der Waals surface area contributed by atoms with E-state index in [0.29, 0.717) is 5.69 Å². The van der Waals surface area contributed by atoms with Crippen molar-refractivity contribution in [3.8, 4) is 11.3 Å². The molecule has 1 heterocycles. The standard InChI is InChI=1S/C14H10FN3O2S/c15-12-6-8-13(9-7-12)21(19,20)18-10-14(16-17-18)11-4-2-1-3-5-11/h1-10H. The Labute approximate surface area is 120 Å². The van der Waals surface area contributed by atoms with Gasteiger partial charge in [-0.15, -0.1) is 9.19 Å². The van der Waals surface area contributed by atoms with Gasteiger partial charge in [0.25, 0.3) is 10.0 Å². The molecule has 0 saturated heterocycles. The van der Waals surface area contributed by atoms with Gasteiger partial charge in [0.1, 0.15) is 11.5 Å². The lowest BCUT2D eigenvalue weighted by Crippen LogP contribution is -2.13. The van der Waals surface area contributed by atoms with Crippen molar-refractivity contribution in [3.05, 3.63) is 66.6 Å². The zero-order chi connectivity index (χ0) is 14.9. The molecule has 106 valence electrons. The van der Waals surface area contributed by atoms with Crippen LogP contribution in [0.4, 0.5) is 4.39 Å². The van der Waals surface area contributed by atoms with Gasteiger partial charge in [0.05, 0.1) is 11.1 Å². The van der Waals surface area contributed by atoms with E-state index in [-0.39, 0.29) is 4.90 Å². The Hall–Kier alpha value is -2.54. The molecule has 0 aliphatic rings. The quantitative estimate of drug-likeness (QED) is 0.745. The number of hydrogen-bond acceptors (Lipinski definition) is 4. The Morgan fingerprint density at radius 1 is 0.952 bits per heavy atom. The van der Waals surface area contributed by atoms with E-state index in [1.807, 2.05) is 18.2 Å². The molecule has 5 nitrogen and oxygen atoms in total. The highest BCUT2D eigenvalue weighted by Gasteiger charge is 2.19. The molecule has 21 heavy (non-hydrogen) atoms. The minimum Gasteiger partial charge on any atom is -0.207 e. The summed E-state index contributed by atoms with van der Waals surface area (Å²) in [6.07, 6.45) is 1.33. The van der Waals surface area contributed by atoms with E-state index in [4.69, 9.17) is 0 Å². The summed E-state index contributed by atoms with van der Waals surface area (Å²) in [5.41, 5.74) is 1.21. The van der Waals surface area contributed by atoms with Crippen LogP contribution in [0.1, 0.15) is 0 Å². The van der Waals surface area contributed by atoms with Crippen LogP contribution in [-0.2, 0) is 10.0 Å². The maximum absolute atomic E-state index is 12.9. The highest BCUT2D eigenvalue weighted by Crippen LogP contribution is 2.18. The molecular weight excluding hydrogens is 293 g/mol. The van der Waals surface area contributed by atoms with Gasteiger partial charge in [0.2, 0.25) is 0 Å². The van der Waals surface area contributed by atoms with Gasteiger partial charge >= 0.3 is 0 Å². The zero-order valence-electron chi connectivity index (χ0n) is 10.7. The number of hydrogen-bond donors (Lipinski definition) is 0. The highest BCUT2D eigenvalue weighted by molar-refractivity contribution is 7.89. The Morgan fingerprint density at radius 3 is 2.29 bits per heavy atom. The molecule has 0 bridgehead atoms. The van der Waals surface area contributed by atoms with Crippen molar-refractivity contribution < 1.29 is 12.8 Å². The van der Waals surface area contributed by atoms with E-state index in [1.165, 1.54) is 18.3 Å². The average molecular weight is 303 g/mol. The third-order valence-electron chi connectivity index (χ3n) is 2.90. The lowest BCUT2D eigenvalue weighted by Gasteiger charge is -2.02. The highest BCUT2D eigenvalue weighted by atomic mass is 32.2. The van der Waals surface area contributed by atoms with Gasteiger partial charge in [0, 0.05) is 5.56 Å². The first kappa shape index (κ1) is 13.4. The predicted molar refractivity (Wildman–Crippen MR) is 74.4 cm³/mol. The molecule has 1 aromatic heterocycles. The molecule has 7 heteroatoms. The van der Waals surface area contributed by atoms with Gasteiger partial charge in [-0.05, 0) is 24.3 Å². The van der Waals surface area contributed by atoms with Gasteiger partial charge in [-0.3, -0.25) is 0 Å². The van der Waals surface area contributed by atoms with Crippen LogP contribution in [0.5, 0.6) is 0 Å². The molecule has 0 unspecified atom stereocenters. The summed E-state index contributed by atoms with van der Waals surface area (Å²) in [5.74, 6) is -0.502. The van der Waals surface area contributed by atoms with Crippen molar-refractivity contribution in [2.24, 2.45) is 0 Å². The first-order valence-electron chi connectivity index (χ1n) is 6.06. The summed E-state index contributed by atoms with van der Waals surface area (Å²) >= 11 is 0. The van der Waals surface area contributed by atoms with Crippen LogP contribution >= 0.6 is 0 Å². The molecule has 0 atom stereocenters. The van der Waals surface area contributed by atoms with Crippen molar-refractivity contribution in [3.63, 3.8) is 0 Å². The normalized spacial score (nSPS) is 11.5. The number of rotatable bonds is 3. The lowest BCUT2D eigenvalue weighted by atomic mass is 10.2. The van der Waals surface area contributed by atoms with Crippen LogP contribution in [0, 0.1) is 5.82 Å². The molecule has 0 aliphatic heterocycles. The van der Waals surface area contributed by atoms with E-state index >= 15 is 0 Å². The number of halogens is 1. The van der Waals surface area contributed by atoms with Gasteiger partial charge in [-0.25, -0.2) is 4.39 Å². The third kappa shape index (κ3) is 2.55. The van der Waals surface area contributed by atoms with Gasteiger partial charge in [-0.1, -0.05) is 35.5 Å². The van der Waals surface area contributed by atoms with Crippen molar-refractivity contribution in [2.45, 2.75) is 4.90 Å². The Morgan fingerprint density at radius 2 is 1.62 bits per heavy atom. The summed E-state index contributed by atoms with van der Waals surface area (Å²) in [4.78, 5) is -0.0478. The second kappa shape index (κ2) is 5.10. The lowest BCUT2D eigenvalue weighted by molar-refractivity contribution is 0.576. The SMILES string of the molecule is O=S(=O)(c1ccc(F)cc1)n1cc(-c2ccccc2)nn1. The zero-order valence-corrected chi connectivity index (χ0v) is 11.5. The smallest absolute Gasteiger partial charge is 0.207 e. The first-order chi connectivity index (χ1) is 10.1. The van der Waals surface area contributed by atoms with Crippen LogP contribution < -0.4 is 0 Å². The molecule has 0 spiro atoms. The molecule has 2 aromatic carbocycles. The van der Waals surface area contributed by atoms with Crippen LogP contribution in [0.2, 0.25) is 0 Å². The third-order valence-corrected chi connectivity index (χ3v) is 4.44. The van der Waals surface area contributed by atoms with E-state index in [9.17, 15) is 12.8 Å². The largest absolute Gasteiger partial charge is 0.284 e. The first-order valence-corrected chi connectivity index (χ1v) is 7.50. The Balaban J connectivity index is 2.01. The summed E-state index contributed by atoms with van der Waals surface area (Å²) in [6.45, 7) is 0. The van der Waals surface area contributed by atoms with Gasteiger partial charge < -0.3 is 0 Å². The van der Waals surface area contributed by atoms with Crippen LogP contribution in [-0.4, -0.2) is 22.8 Å². The van der Waals surface area contributed by atoms with E-state index in [0.717, 1.165) is 21.8 Å². The number of aromatic nitrogens is 3. The maximum Gasteiger partial charge on any atom is 0.284 e. The summed E-state index contributed by atoms with van der Waals surface area (Å²) < 4.78 is 38.3. The minimum atomic E-state index is -3.87. The molecule has 3 rings (SSSR count). The molecule has 3 aromatic rings. The molecule has 0 saturated carbocycles. The van der Waals surface area contributed by atoms with Crippen LogP contribution in [0.3, 0.4) is 0 Å². The molecule has 0 fully saturated rings. The average Bonchev–Trinajstić information content (AvgIpc) is 2.99. The van der Waals surface area contributed by atoms with Crippen molar-refractivity contribution in [1.82, 2.24) is 14.4 Å². The second-order valence-corrected chi connectivity index (χ2v) is 6.10. The van der Waals surface area contributed by atoms with Crippen molar-refractivity contribution >= 4 is 10.0 Å². The Kier molecular flexibility index (Phi) is 3.26. The molecule has 0 N–H and O–H groups in total. The summed E-state index contributed by atoms with van der Waals surface area (Å²) in [7, 11) is -3.87.